The minimum atomic E-state index is -1.39. The molecule has 0 fully saturated rings. The molecule has 0 spiro atoms. The standard InChI is InChI=1S/C11H11FN2O5/c1-13-11(18)14-9(15)5-19-8-3-2-6(12)4-7(8)10(16)17/h2-4H,5H2,1H3,(H,16,17)(H2,13,14,15,18). The smallest absolute Gasteiger partial charge is 0.339 e. The number of carbonyl (C=O) groups excluding carboxylic acids is 2. The van der Waals surface area contributed by atoms with Gasteiger partial charge in [-0.15, -0.1) is 0 Å². The van der Waals surface area contributed by atoms with Crippen molar-refractivity contribution in [2.24, 2.45) is 0 Å². The Hall–Kier alpha value is -2.64. The van der Waals surface area contributed by atoms with Crippen LogP contribution in [0.5, 0.6) is 5.75 Å². The van der Waals surface area contributed by atoms with Gasteiger partial charge in [-0.05, 0) is 18.2 Å². The van der Waals surface area contributed by atoms with Crippen molar-refractivity contribution in [1.29, 1.82) is 0 Å². The van der Waals surface area contributed by atoms with Crippen molar-refractivity contribution in [2.75, 3.05) is 13.7 Å². The number of carbonyl (C=O) groups is 3. The van der Waals surface area contributed by atoms with Crippen LogP contribution in [0.15, 0.2) is 18.2 Å². The van der Waals surface area contributed by atoms with E-state index in [9.17, 15) is 18.8 Å². The van der Waals surface area contributed by atoms with Gasteiger partial charge >= 0.3 is 12.0 Å². The Morgan fingerprint density at radius 2 is 2.05 bits per heavy atom. The fraction of sp³-hybridized carbons (Fsp3) is 0.182. The van der Waals surface area contributed by atoms with Crippen molar-refractivity contribution in [3.8, 4) is 5.75 Å². The van der Waals surface area contributed by atoms with E-state index < -0.39 is 35.9 Å². The Labute approximate surface area is 107 Å². The number of carboxylic acids is 1. The molecule has 1 aromatic rings. The molecule has 0 aliphatic carbocycles. The minimum absolute atomic E-state index is 0.166. The number of rotatable bonds is 4. The van der Waals surface area contributed by atoms with Gasteiger partial charge in [-0.25, -0.2) is 14.0 Å². The monoisotopic (exact) mass is 270 g/mol. The lowest BCUT2D eigenvalue weighted by molar-refractivity contribution is -0.122. The third-order valence-corrected chi connectivity index (χ3v) is 2.01. The summed E-state index contributed by atoms with van der Waals surface area (Å²) in [7, 11) is 1.33. The van der Waals surface area contributed by atoms with E-state index in [4.69, 9.17) is 9.84 Å². The van der Waals surface area contributed by atoms with Crippen LogP contribution in [0.2, 0.25) is 0 Å². The van der Waals surface area contributed by atoms with E-state index in [1.54, 1.807) is 0 Å². The Morgan fingerprint density at radius 1 is 1.37 bits per heavy atom. The Kier molecular flexibility index (Phi) is 4.81. The number of hydrogen-bond donors (Lipinski definition) is 3. The van der Waals surface area contributed by atoms with E-state index in [1.807, 2.05) is 5.32 Å². The molecule has 1 rings (SSSR count). The summed E-state index contributed by atoms with van der Waals surface area (Å²) in [6.07, 6.45) is 0. The highest BCUT2D eigenvalue weighted by Crippen LogP contribution is 2.19. The number of halogens is 1. The van der Waals surface area contributed by atoms with Gasteiger partial charge in [-0.1, -0.05) is 0 Å². The van der Waals surface area contributed by atoms with Gasteiger partial charge in [-0.3, -0.25) is 10.1 Å². The molecule has 0 saturated carbocycles. The molecule has 0 bridgehead atoms. The molecule has 19 heavy (non-hydrogen) atoms. The lowest BCUT2D eigenvalue weighted by Gasteiger charge is -2.09. The van der Waals surface area contributed by atoms with Gasteiger partial charge in [0.15, 0.2) is 6.61 Å². The lowest BCUT2D eigenvalue weighted by Crippen LogP contribution is -2.40. The second-order valence-electron chi connectivity index (χ2n) is 3.36. The molecule has 0 aromatic heterocycles. The summed E-state index contributed by atoms with van der Waals surface area (Å²) < 4.78 is 17.8. The summed E-state index contributed by atoms with van der Waals surface area (Å²) in [6, 6.07) is 2.14. The topological polar surface area (TPSA) is 105 Å². The highest BCUT2D eigenvalue weighted by molar-refractivity contribution is 5.95. The van der Waals surface area contributed by atoms with Gasteiger partial charge in [-0.2, -0.15) is 0 Å². The third kappa shape index (κ3) is 4.26. The van der Waals surface area contributed by atoms with E-state index in [0.29, 0.717) is 0 Å². The van der Waals surface area contributed by atoms with Crippen LogP contribution < -0.4 is 15.4 Å². The van der Waals surface area contributed by atoms with Crippen molar-refractivity contribution < 1.29 is 28.6 Å². The number of ether oxygens (including phenoxy) is 1. The first-order valence-corrected chi connectivity index (χ1v) is 5.11. The van der Waals surface area contributed by atoms with Gasteiger partial charge < -0.3 is 15.2 Å². The Bertz CT molecular complexity index is 518. The molecule has 3 N–H and O–H groups in total. The van der Waals surface area contributed by atoms with Gasteiger partial charge in [0.25, 0.3) is 5.91 Å². The fourth-order valence-electron chi connectivity index (χ4n) is 1.16. The van der Waals surface area contributed by atoms with Crippen LogP contribution in [0.1, 0.15) is 10.4 Å². The lowest BCUT2D eigenvalue weighted by atomic mass is 10.2. The van der Waals surface area contributed by atoms with Crippen LogP contribution in [0.25, 0.3) is 0 Å². The van der Waals surface area contributed by atoms with Gasteiger partial charge in [0.1, 0.15) is 17.1 Å². The first kappa shape index (κ1) is 14.4. The van der Waals surface area contributed by atoms with E-state index in [1.165, 1.54) is 7.05 Å². The molecule has 1 aromatic carbocycles. The molecule has 0 atom stereocenters. The minimum Gasteiger partial charge on any atom is -0.483 e. The zero-order valence-electron chi connectivity index (χ0n) is 9.90. The van der Waals surface area contributed by atoms with E-state index in [2.05, 4.69) is 5.32 Å². The normalized spacial score (nSPS) is 9.58. The molecule has 0 radical (unpaired) electrons. The number of nitrogens with one attached hydrogen (secondary N) is 2. The molecule has 7 nitrogen and oxygen atoms in total. The van der Waals surface area contributed by atoms with Crippen molar-refractivity contribution in [3.05, 3.63) is 29.6 Å². The average Bonchev–Trinajstić information content (AvgIpc) is 2.36. The number of carboxylic acid groups (broad SMARTS) is 1. The van der Waals surface area contributed by atoms with Crippen LogP contribution in [0, 0.1) is 5.82 Å². The molecule has 0 saturated heterocycles. The fourth-order valence-corrected chi connectivity index (χ4v) is 1.16. The maximum Gasteiger partial charge on any atom is 0.339 e. The number of urea groups is 1. The number of benzene rings is 1. The summed E-state index contributed by atoms with van der Waals surface area (Å²) in [5.41, 5.74) is -0.409. The molecule has 3 amide bonds. The van der Waals surface area contributed by atoms with Crippen molar-refractivity contribution in [1.82, 2.24) is 10.6 Å². The summed E-state index contributed by atoms with van der Waals surface area (Å²) in [6.45, 7) is -0.570. The predicted octanol–water partition coefficient (Wildman–Crippen LogP) is 0.358. The number of imide groups is 1. The molecule has 102 valence electrons. The highest BCUT2D eigenvalue weighted by atomic mass is 19.1. The zero-order chi connectivity index (χ0) is 14.4. The first-order chi connectivity index (χ1) is 8.93. The van der Waals surface area contributed by atoms with Crippen LogP contribution in [-0.2, 0) is 4.79 Å². The molecule has 0 unspecified atom stereocenters. The number of amides is 3. The quantitative estimate of drug-likeness (QED) is 0.732. The SMILES string of the molecule is CNC(=O)NC(=O)COc1ccc(F)cc1C(=O)O. The van der Waals surface area contributed by atoms with Gasteiger partial charge in [0.05, 0.1) is 0 Å². The number of aromatic carboxylic acids is 1. The van der Waals surface area contributed by atoms with Gasteiger partial charge in [0, 0.05) is 7.05 Å². The summed E-state index contributed by atoms with van der Waals surface area (Å²) in [5, 5.41) is 12.9. The average molecular weight is 270 g/mol. The summed E-state index contributed by atoms with van der Waals surface area (Å²) in [4.78, 5) is 32.9. The molecular formula is C11H11FN2O5. The van der Waals surface area contributed by atoms with Crippen LogP contribution in [0.3, 0.4) is 0 Å². The summed E-state index contributed by atoms with van der Waals surface area (Å²) >= 11 is 0. The van der Waals surface area contributed by atoms with Gasteiger partial charge in [0.2, 0.25) is 0 Å². The van der Waals surface area contributed by atoms with Crippen LogP contribution >= 0.6 is 0 Å². The molecular weight excluding hydrogens is 259 g/mol. The van der Waals surface area contributed by atoms with E-state index >= 15 is 0 Å². The Balaban J connectivity index is 2.70. The van der Waals surface area contributed by atoms with E-state index in [-0.39, 0.29) is 5.75 Å². The largest absolute Gasteiger partial charge is 0.483 e. The number of hydrogen-bond acceptors (Lipinski definition) is 4. The summed E-state index contributed by atoms with van der Waals surface area (Å²) in [5.74, 6) is -3.05. The maximum absolute atomic E-state index is 12.9. The molecule has 8 heteroatoms. The highest BCUT2D eigenvalue weighted by Gasteiger charge is 2.14. The maximum atomic E-state index is 12.9. The van der Waals surface area contributed by atoms with Crippen molar-refractivity contribution in [3.63, 3.8) is 0 Å². The van der Waals surface area contributed by atoms with Crippen LogP contribution in [0.4, 0.5) is 9.18 Å². The van der Waals surface area contributed by atoms with E-state index in [0.717, 1.165) is 18.2 Å². The molecule has 0 heterocycles. The Morgan fingerprint density at radius 3 is 2.63 bits per heavy atom. The second kappa shape index (κ2) is 6.34. The van der Waals surface area contributed by atoms with Crippen molar-refractivity contribution in [2.45, 2.75) is 0 Å². The molecule has 0 aliphatic heterocycles. The molecule has 0 aliphatic rings. The predicted molar refractivity (Wildman–Crippen MR) is 61.5 cm³/mol. The third-order valence-electron chi connectivity index (χ3n) is 2.01. The second-order valence-corrected chi connectivity index (χ2v) is 3.36. The zero-order valence-corrected chi connectivity index (χ0v) is 9.90. The van der Waals surface area contributed by atoms with Crippen LogP contribution in [-0.4, -0.2) is 36.7 Å². The first-order valence-electron chi connectivity index (χ1n) is 5.11. The van der Waals surface area contributed by atoms with Crippen molar-refractivity contribution >= 4 is 17.9 Å².